The smallest absolute Gasteiger partial charge is 0.327 e. The van der Waals surface area contributed by atoms with Crippen LogP contribution in [0, 0.1) is 0 Å². The first-order valence-electron chi connectivity index (χ1n) is 11.6. The van der Waals surface area contributed by atoms with Crippen molar-refractivity contribution >= 4 is 23.5 Å². The summed E-state index contributed by atoms with van der Waals surface area (Å²) < 4.78 is 6.18. The Morgan fingerprint density at radius 3 is 2.24 bits per heavy atom. The minimum atomic E-state index is -0.932. The minimum Gasteiger partial charge on any atom is -0.453 e. The Labute approximate surface area is 200 Å². The van der Waals surface area contributed by atoms with E-state index in [2.05, 4.69) is 32.0 Å². The number of thioether (sulfide) groups is 1. The molecule has 33 heavy (non-hydrogen) atoms. The zero-order valence-electron chi connectivity index (χ0n) is 19.2. The molecular formula is C29H30O3S. The number of carbonyl (C=O) groups excluding carboxylic acids is 2. The first-order chi connectivity index (χ1) is 16.0. The van der Waals surface area contributed by atoms with Gasteiger partial charge in [0.05, 0.1) is 6.42 Å². The molecule has 4 heteroatoms. The quantitative estimate of drug-likeness (QED) is 0.278. The topological polar surface area (TPSA) is 43.4 Å². The average Bonchev–Trinajstić information content (AvgIpc) is 2.86. The second-order valence-corrected chi connectivity index (χ2v) is 9.90. The molecule has 4 rings (SSSR count). The largest absolute Gasteiger partial charge is 0.453 e. The van der Waals surface area contributed by atoms with Gasteiger partial charge in [0.25, 0.3) is 0 Å². The highest BCUT2D eigenvalue weighted by Crippen LogP contribution is 2.43. The highest BCUT2D eigenvalue weighted by atomic mass is 32.2. The Morgan fingerprint density at radius 1 is 0.939 bits per heavy atom. The molecule has 1 fully saturated rings. The van der Waals surface area contributed by atoms with Crippen LogP contribution >= 0.6 is 11.8 Å². The van der Waals surface area contributed by atoms with E-state index in [4.69, 9.17) is 4.74 Å². The molecule has 3 aromatic rings. The van der Waals surface area contributed by atoms with Gasteiger partial charge in [-0.05, 0) is 47.9 Å². The number of ketones is 1. The van der Waals surface area contributed by atoms with Crippen LogP contribution in [0.15, 0.2) is 89.8 Å². The second-order valence-electron chi connectivity index (χ2n) is 8.76. The third kappa shape index (κ3) is 5.22. The predicted molar refractivity (Wildman–Crippen MR) is 133 cm³/mol. The van der Waals surface area contributed by atoms with Crippen molar-refractivity contribution < 1.29 is 14.3 Å². The lowest BCUT2D eigenvalue weighted by Crippen LogP contribution is -2.47. The summed E-state index contributed by atoms with van der Waals surface area (Å²) >= 11 is 1.34. The Balaban J connectivity index is 1.59. The lowest BCUT2D eigenvalue weighted by atomic mass is 9.81. The number of aryl methyl sites for hydroxylation is 1. The van der Waals surface area contributed by atoms with Crippen LogP contribution in [0.25, 0.3) is 0 Å². The number of benzene rings is 3. The van der Waals surface area contributed by atoms with E-state index in [9.17, 15) is 9.59 Å². The van der Waals surface area contributed by atoms with Gasteiger partial charge >= 0.3 is 5.97 Å². The first-order valence-corrected chi connectivity index (χ1v) is 12.5. The van der Waals surface area contributed by atoms with Crippen LogP contribution in [0.1, 0.15) is 55.7 Å². The van der Waals surface area contributed by atoms with Crippen LogP contribution in [-0.4, -0.2) is 17.0 Å². The van der Waals surface area contributed by atoms with Crippen LogP contribution in [0.5, 0.6) is 0 Å². The van der Waals surface area contributed by atoms with Gasteiger partial charge in [-0.25, -0.2) is 0 Å². The molecule has 1 aliphatic rings. The highest BCUT2D eigenvalue weighted by Gasteiger charge is 2.48. The summed E-state index contributed by atoms with van der Waals surface area (Å²) in [6.45, 7) is 4.32. The molecule has 0 N–H and O–H groups in total. The van der Waals surface area contributed by atoms with E-state index in [1.807, 2.05) is 66.7 Å². The van der Waals surface area contributed by atoms with E-state index in [0.29, 0.717) is 12.3 Å². The maximum Gasteiger partial charge on any atom is 0.327 e. The van der Waals surface area contributed by atoms with Gasteiger partial charge in [0.2, 0.25) is 0 Å². The van der Waals surface area contributed by atoms with Gasteiger partial charge in [0.1, 0.15) is 5.60 Å². The van der Waals surface area contributed by atoms with Crippen molar-refractivity contribution in [3.8, 4) is 0 Å². The zero-order chi connectivity index (χ0) is 23.3. The Hall–Kier alpha value is -2.85. The van der Waals surface area contributed by atoms with Gasteiger partial charge in [-0.15, -0.1) is 11.8 Å². The van der Waals surface area contributed by atoms with E-state index in [1.54, 1.807) is 0 Å². The van der Waals surface area contributed by atoms with Crippen molar-refractivity contribution in [3.05, 3.63) is 102 Å². The van der Waals surface area contributed by atoms with Crippen LogP contribution in [0.4, 0.5) is 0 Å². The van der Waals surface area contributed by atoms with Gasteiger partial charge in [-0.2, -0.15) is 0 Å². The SMILES string of the molecule is CCC(C)c1ccccc1SC1C(=O)CC(CCc2ccccc2)(c2ccccc2)OC1=O. The number of carbonyl (C=O) groups is 2. The summed E-state index contributed by atoms with van der Waals surface area (Å²) in [5.41, 5.74) is 2.29. The van der Waals surface area contributed by atoms with E-state index >= 15 is 0 Å². The first kappa shape index (κ1) is 23.3. The third-order valence-electron chi connectivity index (χ3n) is 6.53. The molecule has 3 unspecified atom stereocenters. The maximum atomic E-state index is 13.4. The Morgan fingerprint density at radius 2 is 1.58 bits per heavy atom. The molecule has 3 nitrogen and oxygen atoms in total. The van der Waals surface area contributed by atoms with Crippen molar-refractivity contribution in [2.24, 2.45) is 0 Å². The van der Waals surface area contributed by atoms with Crippen molar-refractivity contribution in [3.63, 3.8) is 0 Å². The molecule has 1 saturated heterocycles. The lowest BCUT2D eigenvalue weighted by Gasteiger charge is -2.39. The number of cyclic esters (lactones) is 1. The fourth-order valence-corrected chi connectivity index (χ4v) is 5.60. The predicted octanol–water partition coefficient (Wildman–Crippen LogP) is 6.71. The lowest BCUT2D eigenvalue weighted by molar-refractivity contribution is -0.171. The van der Waals surface area contributed by atoms with Crippen molar-refractivity contribution in [2.45, 2.75) is 61.2 Å². The molecular weight excluding hydrogens is 428 g/mol. The van der Waals surface area contributed by atoms with E-state index in [-0.39, 0.29) is 12.2 Å². The van der Waals surface area contributed by atoms with E-state index in [1.165, 1.54) is 17.3 Å². The molecule has 3 atom stereocenters. The number of hydrogen-bond donors (Lipinski definition) is 0. The van der Waals surface area contributed by atoms with Crippen LogP contribution in [-0.2, 0) is 26.3 Å². The molecule has 0 spiro atoms. The second kappa shape index (κ2) is 10.4. The molecule has 170 valence electrons. The minimum absolute atomic E-state index is 0.0629. The third-order valence-corrected chi connectivity index (χ3v) is 7.85. The fraction of sp³-hybridized carbons (Fsp3) is 0.310. The van der Waals surface area contributed by atoms with Gasteiger partial charge in [-0.3, -0.25) is 9.59 Å². The molecule has 1 heterocycles. The summed E-state index contributed by atoms with van der Waals surface area (Å²) in [6, 6.07) is 27.9. The molecule has 0 saturated carbocycles. The number of hydrogen-bond acceptors (Lipinski definition) is 4. The molecule has 3 aromatic carbocycles. The summed E-state index contributed by atoms with van der Waals surface area (Å²) in [5.74, 6) is -0.142. The summed E-state index contributed by atoms with van der Waals surface area (Å²) in [6.07, 6.45) is 2.49. The van der Waals surface area contributed by atoms with E-state index < -0.39 is 16.8 Å². The normalized spacial score (nSPS) is 21.5. The Kier molecular flexibility index (Phi) is 7.34. The molecule has 0 radical (unpaired) electrons. The highest BCUT2D eigenvalue weighted by molar-refractivity contribution is 8.01. The number of rotatable bonds is 8. The van der Waals surface area contributed by atoms with Crippen LogP contribution < -0.4 is 0 Å². The molecule has 0 bridgehead atoms. The van der Waals surface area contributed by atoms with E-state index in [0.717, 1.165) is 28.9 Å². The zero-order valence-corrected chi connectivity index (χ0v) is 20.0. The van der Waals surface area contributed by atoms with Gasteiger partial charge in [0.15, 0.2) is 11.0 Å². The van der Waals surface area contributed by atoms with Crippen LogP contribution in [0.2, 0.25) is 0 Å². The molecule has 1 aliphatic heterocycles. The van der Waals surface area contributed by atoms with Crippen molar-refractivity contribution in [2.75, 3.05) is 0 Å². The maximum absolute atomic E-state index is 13.4. The average molecular weight is 459 g/mol. The fourth-order valence-electron chi connectivity index (χ4n) is 4.42. The Bertz CT molecular complexity index is 1080. The van der Waals surface area contributed by atoms with Gasteiger partial charge in [-0.1, -0.05) is 92.7 Å². The monoisotopic (exact) mass is 458 g/mol. The van der Waals surface area contributed by atoms with Gasteiger partial charge < -0.3 is 4.74 Å². The summed E-state index contributed by atoms with van der Waals surface area (Å²) in [4.78, 5) is 27.7. The molecule has 0 amide bonds. The summed E-state index contributed by atoms with van der Waals surface area (Å²) in [5, 5.41) is -0.830. The number of esters is 1. The number of ether oxygens (including phenoxy) is 1. The summed E-state index contributed by atoms with van der Waals surface area (Å²) in [7, 11) is 0. The van der Waals surface area contributed by atoms with Crippen LogP contribution in [0.3, 0.4) is 0 Å². The number of Topliss-reactive ketones (excluding diaryl/α,β-unsaturated/α-hetero) is 1. The molecule has 0 aliphatic carbocycles. The standard InChI is InChI=1S/C29H30O3S/c1-3-21(2)24-16-10-11-17-26(24)33-27-25(30)20-29(32-28(27)31,23-14-8-5-9-15-23)19-18-22-12-6-4-7-13-22/h4-17,21,27H,3,18-20H2,1-2H3. The van der Waals surface area contributed by atoms with Crippen molar-refractivity contribution in [1.82, 2.24) is 0 Å². The van der Waals surface area contributed by atoms with Gasteiger partial charge in [0, 0.05) is 4.90 Å². The van der Waals surface area contributed by atoms with Crippen molar-refractivity contribution in [1.29, 1.82) is 0 Å². The molecule has 0 aromatic heterocycles.